The van der Waals surface area contributed by atoms with Crippen LogP contribution in [0.1, 0.15) is 40.3 Å². The van der Waals surface area contributed by atoms with E-state index in [-0.39, 0.29) is 24.1 Å². The Labute approximate surface area is 190 Å². The number of thioether (sulfide) groups is 1. The van der Waals surface area contributed by atoms with Gasteiger partial charge in [-0.15, -0.1) is 20.6 Å². The molecule has 1 aliphatic rings. The number of nitrogens with zero attached hydrogens (tertiary/aromatic N) is 4. The number of alkyl halides is 1. The second-order valence-electron chi connectivity index (χ2n) is 8.41. The van der Waals surface area contributed by atoms with Gasteiger partial charge in [0.1, 0.15) is 25.1 Å². The van der Waals surface area contributed by atoms with Gasteiger partial charge in [0.15, 0.2) is 22.8 Å². The average molecular weight is 491 g/mol. The first-order valence-corrected chi connectivity index (χ1v) is 12.1. The molecule has 1 aliphatic heterocycles. The lowest BCUT2D eigenvalue weighted by Crippen LogP contribution is -2.26. The molecular formula is C18H26ClN5O5PS+. The van der Waals surface area contributed by atoms with E-state index in [0.717, 1.165) is 11.8 Å². The summed E-state index contributed by atoms with van der Waals surface area (Å²) in [7, 11) is -2.33. The van der Waals surface area contributed by atoms with E-state index in [9.17, 15) is 9.36 Å². The maximum atomic E-state index is 12.0. The molecule has 4 atom stereocenters. The van der Waals surface area contributed by atoms with Crippen LogP contribution in [0, 0.1) is 5.41 Å². The molecule has 0 bridgehead atoms. The van der Waals surface area contributed by atoms with Crippen molar-refractivity contribution >= 4 is 53.7 Å². The third kappa shape index (κ3) is 5.91. The fourth-order valence-electron chi connectivity index (χ4n) is 3.06. The molecule has 2 N–H and O–H groups in total. The van der Waals surface area contributed by atoms with Crippen LogP contribution < -0.4 is 5.73 Å². The van der Waals surface area contributed by atoms with E-state index in [1.54, 1.807) is 10.9 Å². The lowest BCUT2D eigenvalue weighted by atomic mass is 10.00. The van der Waals surface area contributed by atoms with E-state index < -0.39 is 30.9 Å². The number of aromatic nitrogens is 4. The highest BCUT2D eigenvalue weighted by Gasteiger charge is 2.46. The Morgan fingerprint density at radius 3 is 2.87 bits per heavy atom. The number of carbonyl (C=O) groups is 1. The Hall–Kier alpha value is -1.36. The molecule has 31 heavy (non-hydrogen) atoms. The highest BCUT2D eigenvalue weighted by Crippen LogP contribution is 2.44. The summed E-state index contributed by atoms with van der Waals surface area (Å²) in [6, 6.07) is 0. The molecule has 2 aromatic rings. The van der Waals surface area contributed by atoms with Crippen molar-refractivity contribution in [3.63, 3.8) is 0 Å². The Kier molecular flexibility index (Phi) is 7.55. The van der Waals surface area contributed by atoms with Crippen LogP contribution in [0.25, 0.3) is 11.2 Å². The number of hydrogen-bond acceptors (Lipinski definition) is 10. The van der Waals surface area contributed by atoms with E-state index >= 15 is 0 Å². The van der Waals surface area contributed by atoms with E-state index in [0.29, 0.717) is 23.3 Å². The first-order chi connectivity index (χ1) is 14.5. The lowest BCUT2D eigenvalue weighted by molar-refractivity contribution is -0.117. The number of halogens is 1. The summed E-state index contributed by atoms with van der Waals surface area (Å²) in [6.45, 7) is 7.58. The van der Waals surface area contributed by atoms with Gasteiger partial charge >= 0.3 is 8.25 Å². The summed E-state index contributed by atoms with van der Waals surface area (Å²) >= 11 is 7.85. The molecule has 0 aliphatic carbocycles. The van der Waals surface area contributed by atoms with E-state index in [4.69, 9.17) is 31.1 Å². The molecule has 0 radical (unpaired) electrons. The Balaban J connectivity index is 1.50. The quantitative estimate of drug-likeness (QED) is 0.332. The molecule has 0 amide bonds. The number of hydrogen-bond donors (Lipinski definition) is 1. The maximum absolute atomic E-state index is 12.0. The van der Waals surface area contributed by atoms with Gasteiger partial charge in [-0.1, -0.05) is 32.5 Å². The summed E-state index contributed by atoms with van der Waals surface area (Å²) in [6.07, 6.45) is 2.40. The van der Waals surface area contributed by atoms with E-state index in [2.05, 4.69) is 15.0 Å². The van der Waals surface area contributed by atoms with E-state index in [1.807, 2.05) is 27.7 Å². The van der Waals surface area contributed by atoms with Crippen molar-refractivity contribution in [1.82, 2.24) is 19.5 Å². The molecule has 1 fully saturated rings. The van der Waals surface area contributed by atoms with Crippen LogP contribution in [0.3, 0.4) is 0 Å². The van der Waals surface area contributed by atoms with Crippen molar-refractivity contribution in [1.29, 1.82) is 0 Å². The molecule has 0 spiro atoms. The van der Waals surface area contributed by atoms with Crippen molar-refractivity contribution < 1.29 is 23.1 Å². The molecule has 3 rings (SSSR count). The SMILES string of the molecule is CC(C)(C)C(=O)SCCO[P+](=O)OCC1C[C@@](C)(Cl)[C@H](n2cnc3c(N)ncnc32)O1. The first-order valence-electron chi connectivity index (χ1n) is 9.67. The lowest BCUT2D eigenvalue weighted by Gasteiger charge is -2.23. The van der Waals surface area contributed by atoms with Crippen LogP contribution in [0.4, 0.5) is 5.82 Å². The van der Waals surface area contributed by atoms with Crippen molar-refractivity contribution in [2.45, 2.75) is 51.3 Å². The van der Waals surface area contributed by atoms with Gasteiger partial charge in [0.25, 0.3) is 0 Å². The third-order valence-electron chi connectivity index (χ3n) is 4.59. The van der Waals surface area contributed by atoms with Crippen molar-refractivity contribution in [2.24, 2.45) is 5.41 Å². The van der Waals surface area contributed by atoms with Crippen LogP contribution in [0.2, 0.25) is 0 Å². The molecule has 170 valence electrons. The second kappa shape index (κ2) is 9.64. The van der Waals surface area contributed by atoms with Crippen LogP contribution in [0.5, 0.6) is 0 Å². The maximum Gasteiger partial charge on any atom is 0.697 e. The van der Waals surface area contributed by atoms with Crippen LogP contribution in [-0.4, -0.2) is 54.6 Å². The van der Waals surface area contributed by atoms with Gasteiger partial charge in [0, 0.05) is 15.7 Å². The highest BCUT2D eigenvalue weighted by atomic mass is 35.5. The number of fused-ring (bicyclic) bond motifs is 1. The largest absolute Gasteiger partial charge is 0.697 e. The topological polar surface area (TPSA) is 131 Å². The minimum absolute atomic E-state index is 0.0475. The fourth-order valence-corrected chi connectivity index (χ4v) is 4.90. The van der Waals surface area contributed by atoms with Crippen molar-refractivity contribution in [2.75, 3.05) is 24.7 Å². The molecule has 1 saturated heterocycles. The van der Waals surface area contributed by atoms with Crippen LogP contribution in [0.15, 0.2) is 12.7 Å². The smallest absolute Gasteiger partial charge is 0.382 e. The average Bonchev–Trinajstić information content (AvgIpc) is 3.23. The second-order valence-corrected chi connectivity index (χ2v) is 11.3. The van der Waals surface area contributed by atoms with Crippen molar-refractivity contribution in [3.05, 3.63) is 12.7 Å². The van der Waals surface area contributed by atoms with Crippen molar-refractivity contribution in [3.8, 4) is 0 Å². The molecule has 2 unspecified atom stereocenters. The number of ether oxygens (including phenoxy) is 1. The van der Waals surface area contributed by atoms with Gasteiger partial charge in [-0.3, -0.25) is 9.36 Å². The predicted molar refractivity (Wildman–Crippen MR) is 119 cm³/mol. The Morgan fingerprint density at radius 2 is 2.16 bits per heavy atom. The number of anilines is 1. The molecule has 10 nitrogen and oxygen atoms in total. The zero-order valence-corrected chi connectivity index (χ0v) is 20.2. The van der Waals surface area contributed by atoms with Gasteiger partial charge < -0.3 is 10.5 Å². The molecule has 13 heteroatoms. The summed E-state index contributed by atoms with van der Waals surface area (Å²) in [4.78, 5) is 23.5. The zero-order valence-electron chi connectivity index (χ0n) is 17.8. The molecular weight excluding hydrogens is 465 g/mol. The van der Waals surface area contributed by atoms with E-state index in [1.165, 1.54) is 6.33 Å². The molecule has 0 saturated carbocycles. The standard InChI is InChI=1S/C18H26ClN5O5PS/c1-17(2,3)16(25)31-6-5-27-30(26)28-8-11-7-18(4,19)15(29-11)24-10-23-12-13(20)21-9-22-14(12)24/h9-11,15H,5-8H2,1-4H3,(H2,20,21,22)/q+1/t11?,15-,18-/m1/s1. The molecule has 0 aromatic carbocycles. The van der Waals surface area contributed by atoms with Crippen LogP contribution in [-0.2, 0) is 23.1 Å². The minimum Gasteiger partial charge on any atom is -0.382 e. The molecule has 2 aromatic heterocycles. The summed E-state index contributed by atoms with van der Waals surface area (Å²) in [5, 5.41) is 0.0538. The number of imidazole rings is 1. The number of rotatable bonds is 8. The monoisotopic (exact) mass is 490 g/mol. The van der Waals surface area contributed by atoms with Gasteiger partial charge in [-0.05, 0) is 13.3 Å². The normalized spacial score (nSPS) is 24.6. The predicted octanol–water partition coefficient (Wildman–Crippen LogP) is 3.69. The first kappa shape index (κ1) is 24.3. The minimum atomic E-state index is -2.33. The van der Waals surface area contributed by atoms with Gasteiger partial charge in [-0.2, -0.15) is 0 Å². The van der Waals surface area contributed by atoms with Gasteiger partial charge in [0.2, 0.25) is 0 Å². The Bertz CT molecular complexity index is 966. The summed E-state index contributed by atoms with van der Waals surface area (Å²) in [5.41, 5.74) is 6.41. The highest BCUT2D eigenvalue weighted by molar-refractivity contribution is 8.13. The number of nitrogens with two attached hydrogens (primary N) is 1. The third-order valence-corrected chi connectivity index (χ3v) is 6.93. The Morgan fingerprint density at radius 1 is 1.42 bits per heavy atom. The number of nitrogen functional groups attached to an aromatic ring is 1. The fraction of sp³-hybridized carbons (Fsp3) is 0.667. The summed E-state index contributed by atoms with van der Waals surface area (Å²) in [5.74, 6) is 0.676. The number of carbonyl (C=O) groups excluding carboxylic acids is 1. The molecule has 3 heterocycles. The zero-order chi connectivity index (χ0) is 22.8. The van der Waals surface area contributed by atoms with Gasteiger partial charge in [0.05, 0.1) is 17.3 Å². The summed E-state index contributed by atoms with van der Waals surface area (Å²) < 4.78 is 30.2. The van der Waals surface area contributed by atoms with Crippen LogP contribution >= 0.6 is 31.6 Å². The van der Waals surface area contributed by atoms with Gasteiger partial charge in [-0.25, -0.2) is 15.0 Å².